The van der Waals surface area contributed by atoms with Gasteiger partial charge in [-0.1, -0.05) is 17.7 Å². The number of allylic oxidation sites excluding steroid dienone is 2. The molecule has 1 N–H and O–H groups in total. The number of halogens is 1. The SMILES string of the molecule is CC(=O)/C(C=Nc1cccc(Cl)c1)=C(\C)O. The zero-order valence-corrected chi connectivity index (χ0v) is 9.82. The smallest absolute Gasteiger partial charge is 0.164 e. The van der Waals surface area contributed by atoms with Gasteiger partial charge < -0.3 is 5.11 Å². The van der Waals surface area contributed by atoms with E-state index in [-0.39, 0.29) is 17.1 Å². The van der Waals surface area contributed by atoms with E-state index in [1.807, 2.05) is 0 Å². The number of aliphatic imine (C=N–C) groups is 1. The number of nitrogens with zero attached hydrogens (tertiary/aromatic N) is 1. The third-order valence-electron chi connectivity index (χ3n) is 1.92. The number of carbonyl (C=O) groups is 1. The van der Waals surface area contributed by atoms with Crippen molar-refractivity contribution >= 4 is 29.3 Å². The van der Waals surface area contributed by atoms with E-state index in [1.165, 1.54) is 20.1 Å². The first-order valence-corrected chi connectivity index (χ1v) is 5.09. The predicted octanol–water partition coefficient (Wildman–Crippen LogP) is 3.46. The lowest BCUT2D eigenvalue weighted by molar-refractivity contribution is -0.113. The van der Waals surface area contributed by atoms with Gasteiger partial charge >= 0.3 is 0 Å². The molecule has 1 rings (SSSR count). The third-order valence-corrected chi connectivity index (χ3v) is 2.16. The summed E-state index contributed by atoms with van der Waals surface area (Å²) < 4.78 is 0. The second-order valence-electron chi connectivity index (χ2n) is 3.29. The third kappa shape index (κ3) is 3.51. The Balaban J connectivity index is 2.96. The molecule has 0 saturated carbocycles. The number of rotatable bonds is 3. The molecule has 84 valence electrons. The Bertz CT molecular complexity index is 460. The maximum atomic E-state index is 11.1. The van der Waals surface area contributed by atoms with Crippen molar-refractivity contribution in [3.63, 3.8) is 0 Å². The molecule has 1 aromatic carbocycles. The van der Waals surface area contributed by atoms with Crippen molar-refractivity contribution in [1.29, 1.82) is 0 Å². The van der Waals surface area contributed by atoms with Crippen LogP contribution in [0.5, 0.6) is 0 Å². The van der Waals surface area contributed by atoms with Gasteiger partial charge in [0.05, 0.1) is 11.3 Å². The van der Waals surface area contributed by atoms with Crippen molar-refractivity contribution < 1.29 is 9.90 Å². The van der Waals surface area contributed by atoms with Crippen LogP contribution in [0.3, 0.4) is 0 Å². The molecule has 0 saturated heterocycles. The Hall–Kier alpha value is -1.61. The Morgan fingerprint density at radius 2 is 2.12 bits per heavy atom. The van der Waals surface area contributed by atoms with Crippen LogP contribution >= 0.6 is 11.6 Å². The van der Waals surface area contributed by atoms with Gasteiger partial charge in [-0.3, -0.25) is 9.79 Å². The number of aliphatic hydroxyl groups is 1. The summed E-state index contributed by atoms with van der Waals surface area (Å²) in [6.45, 7) is 2.82. The van der Waals surface area contributed by atoms with Gasteiger partial charge in [0.25, 0.3) is 0 Å². The minimum Gasteiger partial charge on any atom is -0.512 e. The van der Waals surface area contributed by atoms with E-state index in [0.29, 0.717) is 10.7 Å². The van der Waals surface area contributed by atoms with Gasteiger partial charge in [0.2, 0.25) is 0 Å². The first-order chi connectivity index (χ1) is 7.50. The van der Waals surface area contributed by atoms with E-state index >= 15 is 0 Å². The summed E-state index contributed by atoms with van der Waals surface area (Å²) in [5.41, 5.74) is 0.826. The highest BCUT2D eigenvalue weighted by Gasteiger charge is 2.04. The highest BCUT2D eigenvalue weighted by Crippen LogP contribution is 2.17. The van der Waals surface area contributed by atoms with E-state index in [9.17, 15) is 9.90 Å². The summed E-state index contributed by atoms with van der Waals surface area (Å²) >= 11 is 5.78. The zero-order chi connectivity index (χ0) is 12.1. The highest BCUT2D eigenvalue weighted by atomic mass is 35.5. The molecule has 0 fully saturated rings. The lowest BCUT2D eigenvalue weighted by Gasteiger charge is -1.98. The number of benzene rings is 1. The summed E-state index contributed by atoms with van der Waals surface area (Å²) in [7, 11) is 0. The van der Waals surface area contributed by atoms with Crippen LogP contribution in [0.2, 0.25) is 5.02 Å². The molecule has 1 aromatic rings. The van der Waals surface area contributed by atoms with Crippen molar-refractivity contribution in [1.82, 2.24) is 0 Å². The summed E-state index contributed by atoms with van der Waals surface area (Å²) in [5, 5.41) is 9.83. The fourth-order valence-corrected chi connectivity index (χ4v) is 1.32. The Morgan fingerprint density at radius 1 is 1.44 bits per heavy atom. The molecule has 0 bridgehead atoms. The second-order valence-corrected chi connectivity index (χ2v) is 3.73. The molecule has 0 heterocycles. The fourth-order valence-electron chi connectivity index (χ4n) is 1.13. The minimum atomic E-state index is -0.231. The molecular weight excluding hydrogens is 226 g/mol. The summed E-state index contributed by atoms with van der Waals surface area (Å²) in [4.78, 5) is 15.2. The van der Waals surface area contributed by atoms with Crippen molar-refractivity contribution in [2.45, 2.75) is 13.8 Å². The normalized spacial score (nSPS) is 12.7. The summed E-state index contributed by atoms with van der Waals surface area (Å²) in [6.07, 6.45) is 1.34. The largest absolute Gasteiger partial charge is 0.512 e. The van der Waals surface area contributed by atoms with Crippen LogP contribution in [0.15, 0.2) is 40.6 Å². The molecule has 4 heteroatoms. The van der Waals surface area contributed by atoms with E-state index in [0.717, 1.165) is 0 Å². The van der Waals surface area contributed by atoms with Crippen LogP contribution in [0.1, 0.15) is 13.8 Å². The summed E-state index contributed by atoms with van der Waals surface area (Å²) in [6, 6.07) is 6.92. The number of carbonyl (C=O) groups excluding carboxylic acids is 1. The van der Waals surface area contributed by atoms with Gasteiger partial charge in [0, 0.05) is 11.2 Å². The number of aliphatic hydroxyl groups excluding tert-OH is 1. The molecule has 0 radical (unpaired) electrons. The van der Waals surface area contributed by atoms with E-state index in [4.69, 9.17) is 11.6 Å². The van der Waals surface area contributed by atoms with Crippen LogP contribution in [-0.4, -0.2) is 17.1 Å². The average Bonchev–Trinajstić information content (AvgIpc) is 2.16. The van der Waals surface area contributed by atoms with Crippen LogP contribution in [-0.2, 0) is 4.79 Å². The quantitative estimate of drug-likeness (QED) is 0.497. The number of hydrogen-bond acceptors (Lipinski definition) is 3. The van der Waals surface area contributed by atoms with Crippen LogP contribution in [0.25, 0.3) is 0 Å². The maximum Gasteiger partial charge on any atom is 0.164 e. The second kappa shape index (κ2) is 5.47. The molecule has 0 unspecified atom stereocenters. The fraction of sp³-hybridized carbons (Fsp3) is 0.167. The molecule has 0 aromatic heterocycles. The summed E-state index contributed by atoms with van der Waals surface area (Å²) in [5.74, 6) is -0.274. The van der Waals surface area contributed by atoms with E-state index in [1.54, 1.807) is 24.3 Å². The van der Waals surface area contributed by atoms with Crippen molar-refractivity contribution in [2.24, 2.45) is 4.99 Å². The number of hydrogen-bond donors (Lipinski definition) is 1. The van der Waals surface area contributed by atoms with E-state index < -0.39 is 0 Å². The van der Waals surface area contributed by atoms with Gasteiger partial charge in [0.15, 0.2) is 5.78 Å². The first-order valence-electron chi connectivity index (χ1n) is 4.71. The minimum absolute atomic E-state index is 0.0433. The average molecular weight is 238 g/mol. The molecule has 0 aliphatic heterocycles. The Kier molecular flexibility index (Phi) is 4.26. The van der Waals surface area contributed by atoms with Gasteiger partial charge in [-0.25, -0.2) is 0 Å². The lowest BCUT2D eigenvalue weighted by Crippen LogP contribution is -2.01. The highest BCUT2D eigenvalue weighted by molar-refractivity contribution is 6.30. The Labute approximate surface area is 99.1 Å². The first kappa shape index (κ1) is 12.5. The van der Waals surface area contributed by atoms with Crippen LogP contribution in [0, 0.1) is 0 Å². The van der Waals surface area contributed by atoms with Gasteiger partial charge in [-0.2, -0.15) is 0 Å². The molecular formula is C12H12ClNO2. The van der Waals surface area contributed by atoms with Gasteiger partial charge in [0.1, 0.15) is 5.76 Å². The molecule has 0 spiro atoms. The standard InChI is InChI=1S/C12H12ClNO2/c1-8(15)12(9(2)16)7-14-11-5-3-4-10(13)6-11/h3-7,15H,1-2H3/b12-8+,14-7?. The Morgan fingerprint density at radius 3 is 2.62 bits per heavy atom. The molecule has 16 heavy (non-hydrogen) atoms. The van der Waals surface area contributed by atoms with Crippen molar-refractivity contribution in [2.75, 3.05) is 0 Å². The van der Waals surface area contributed by atoms with E-state index in [2.05, 4.69) is 4.99 Å². The molecule has 0 aliphatic carbocycles. The molecule has 0 amide bonds. The maximum absolute atomic E-state index is 11.1. The topological polar surface area (TPSA) is 49.7 Å². The number of Topliss-reactive ketones (excluding diaryl/α,β-unsaturated/α-hetero) is 1. The number of ketones is 1. The van der Waals surface area contributed by atoms with Crippen LogP contribution < -0.4 is 0 Å². The van der Waals surface area contributed by atoms with Crippen molar-refractivity contribution in [3.8, 4) is 0 Å². The predicted molar refractivity (Wildman–Crippen MR) is 65.6 cm³/mol. The van der Waals surface area contributed by atoms with Gasteiger partial charge in [-0.15, -0.1) is 0 Å². The monoisotopic (exact) mass is 237 g/mol. The molecule has 0 atom stereocenters. The zero-order valence-electron chi connectivity index (χ0n) is 9.07. The molecule has 0 aliphatic rings. The molecule has 3 nitrogen and oxygen atoms in total. The lowest BCUT2D eigenvalue weighted by atomic mass is 10.2. The van der Waals surface area contributed by atoms with Gasteiger partial charge in [-0.05, 0) is 32.0 Å². The van der Waals surface area contributed by atoms with Crippen LogP contribution in [0.4, 0.5) is 5.69 Å². The van der Waals surface area contributed by atoms with Crippen molar-refractivity contribution in [3.05, 3.63) is 40.6 Å².